The highest BCUT2D eigenvalue weighted by Crippen LogP contribution is 2.19. The second kappa shape index (κ2) is 8.53. The van der Waals surface area contributed by atoms with E-state index in [1.807, 2.05) is 30.3 Å². The standard InChI is InChI=1S/C17H26N4O2/c1-3-20(4-2)11-10-18-17(23)14-12-16(22)21(13-14)19-15-8-6-5-7-9-15/h5-9,14,19H,3-4,10-13H2,1-2H3,(H,18,23). The van der Waals surface area contributed by atoms with Gasteiger partial charge in [0, 0.05) is 19.5 Å². The molecule has 0 aliphatic carbocycles. The molecular formula is C17H26N4O2. The average molecular weight is 318 g/mol. The van der Waals surface area contributed by atoms with E-state index in [1.54, 1.807) is 0 Å². The number of benzene rings is 1. The molecule has 23 heavy (non-hydrogen) atoms. The Balaban J connectivity index is 1.78. The molecule has 0 bridgehead atoms. The molecule has 2 amide bonds. The van der Waals surface area contributed by atoms with Crippen LogP contribution in [0.25, 0.3) is 0 Å². The van der Waals surface area contributed by atoms with Crippen LogP contribution >= 0.6 is 0 Å². The number of nitrogens with zero attached hydrogens (tertiary/aromatic N) is 2. The fraction of sp³-hybridized carbons (Fsp3) is 0.529. The van der Waals surface area contributed by atoms with E-state index in [0.717, 1.165) is 25.3 Å². The molecule has 1 aromatic rings. The van der Waals surface area contributed by atoms with E-state index < -0.39 is 0 Å². The lowest BCUT2D eigenvalue weighted by Gasteiger charge is -2.20. The van der Waals surface area contributed by atoms with Gasteiger partial charge >= 0.3 is 0 Å². The number of para-hydroxylation sites is 1. The summed E-state index contributed by atoms with van der Waals surface area (Å²) < 4.78 is 0. The van der Waals surface area contributed by atoms with Gasteiger partial charge in [0.2, 0.25) is 11.8 Å². The molecule has 126 valence electrons. The number of amides is 2. The van der Waals surface area contributed by atoms with Crippen LogP contribution in [0.5, 0.6) is 0 Å². The second-order valence-electron chi connectivity index (χ2n) is 5.70. The van der Waals surface area contributed by atoms with E-state index in [1.165, 1.54) is 5.01 Å². The maximum atomic E-state index is 12.2. The van der Waals surface area contributed by atoms with Gasteiger partial charge in [0.1, 0.15) is 0 Å². The summed E-state index contributed by atoms with van der Waals surface area (Å²) in [6.07, 6.45) is 0.261. The molecule has 1 atom stereocenters. The van der Waals surface area contributed by atoms with Crippen molar-refractivity contribution in [3.63, 3.8) is 0 Å². The molecule has 6 nitrogen and oxygen atoms in total. The quantitative estimate of drug-likeness (QED) is 0.759. The zero-order valence-electron chi connectivity index (χ0n) is 13.9. The van der Waals surface area contributed by atoms with E-state index in [-0.39, 0.29) is 24.2 Å². The molecule has 6 heteroatoms. The lowest BCUT2D eigenvalue weighted by Crippen LogP contribution is -2.39. The minimum atomic E-state index is -0.282. The van der Waals surface area contributed by atoms with E-state index in [0.29, 0.717) is 13.1 Å². The SMILES string of the molecule is CCN(CC)CCNC(=O)C1CC(=O)N(Nc2ccccc2)C1. The minimum Gasteiger partial charge on any atom is -0.355 e. The first-order chi connectivity index (χ1) is 11.1. The lowest BCUT2D eigenvalue weighted by molar-refractivity contribution is -0.128. The zero-order chi connectivity index (χ0) is 16.7. The van der Waals surface area contributed by atoms with Crippen molar-refractivity contribution in [3.05, 3.63) is 30.3 Å². The summed E-state index contributed by atoms with van der Waals surface area (Å²) in [4.78, 5) is 26.5. The van der Waals surface area contributed by atoms with Crippen LogP contribution in [0.1, 0.15) is 20.3 Å². The Bertz CT molecular complexity index is 517. The molecule has 1 fully saturated rings. The number of hydrazine groups is 1. The topological polar surface area (TPSA) is 64.7 Å². The number of hydrogen-bond acceptors (Lipinski definition) is 4. The molecule has 1 saturated heterocycles. The highest BCUT2D eigenvalue weighted by molar-refractivity contribution is 5.89. The monoisotopic (exact) mass is 318 g/mol. The van der Waals surface area contributed by atoms with Crippen molar-refractivity contribution in [2.75, 3.05) is 38.1 Å². The molecule has 1 aliphatic heterocycles. The van der Waals surface area contributed by atoms with E-state index in [2.05, 4.69) is 29.5 Å². The van der Waals surface area contributed by atoms with E-state index in [9.17, 15) is 9.59 Å². The van der Waals surface area contributed by atoms with Gasteiger partial charge in [-0.1, -0.05) is 32.0 Å². The number of carbonyl (C=O) groups excluding carboxylic acids is 2. The van der Waals surface area contributed by atoms with E-state index >= 15 is 0 Å². The molecule has 2 rings (SSSR count). The summed E-state index contributed by atoms with van der Waals surface area (Å²) in [5.41, 5.74) is 3.91. The van der Waals surface area contributed by atoms with Crippen molar-refractivity contribution in [2.24, 2.45) is 5.92 Å². The Morgan fingerprint density at radius 1 is 1.26 bits per heavy atom. The van der Waals surface area contributed by atoms with Crippen molar-refractivity contribution in [2.45, 2.75) is 20.3 Å². The van der Waals surface area contributed by atoms with Gasteiger partial charge in [-0.3, -0.25) is 20.0 Å². The summed E-state index contributed by atoms with van der Waals surface area (Å²) in [5, 5.41) is 4.47. The minimum absolute atomic E-state index is 0.0390. The third-order valence-corrected chi connectivity index (χ3v) is 4.16. The molecule has 1 aromatic carbocycles. The van der Waals surface area contributed by atoms with Crippen molar-refractivity contribution >= 4 is 17.5 Å². The Kier molecular flexibility index (Phi) is 6.40. The van der Waals surface area contributed by atoms with Crippen LogP contribution in [-0.4, -0.2) is 54.4 Å². The van der Waals surface area contributed by atoms with Gasteiger partial charge in [0.15, 0.2) is 0 Å². The molecule has 1 unspecified atom stereocenters. The summed E-state index contributed by atoms with van der Waals surface area (Å²) in [7, 11) is 0. The highest BCUT2D eigenvalue weighted by Gasteiger charge is 2.34. The van der Waals surface area contributed by atoms with Gasteiger partial charge in [-0.15, -0.1) is 0 Å². The van der Waals surface area contributed by atoms with Gasteiger partial charge in [-0.05, 0) is 25.2 Å². The molecule has 0 radical (unpaired) electrons. The smallest absolute Gasteiger partial charge is 0.241 e. The fourth-order valence-electron chi connectivity index (χ4n) is 2.68. The van der Waals surface area contributed by atoms with Crippen LogP contribution in [-0.2, 0) is 9.59 Å². The third-order valence-electron chi connectivity index (χ3n) is 4.16. The number of anilines is 1. The third kappa shape index (κ3) is 4.96. The maximum absolute atomic E-state index is 12.2. The highest BCUT2D eigenvalue weighted by atomic mass is 16.2. The Labute approximate surface area is 137 Å². The molecule has 1 aliphatic rings. The summed E-state index contributed by atoms with van der Waals surface area (Å²) in [6.45, 7) is 8.03. The van der Waals surface area contributed by atoms with Gasteiger partial charge < -0.3 is 10.2 Å². The fourth-order valence-corrected chi connectivity index (χ4v) is 2.68. The summed E-state index contributed by atoms with van der Waals surface area (Å²) >= 11 is 0. The predicted molar refractivity (Wildman–Crippen MR) is 90.7 cm³/mol. The number of hydrogen-bond donors (Lipinski definition) is 2. The Morgan fingerprint density at radius 3 is 2.61 bits per heavy atom. The number of rotatable bonds is 8. The zero-order valence-corrected chi connectivity index (χ0v) is 13.9. The van der Waals surface area contributed by atoms with Crippen molar-refractivity contribution in [1.29, 1.82) is 0 Å². The Hall–Kier alpha value is -2.08. The molecular weight excluding hydrogens is 292 g/mol. The van der Waals surface area contributed by atoms with Gasteiger partial charge in [0.25, 0.3) is 0 Å². The largest absolute Gasteiger partial charge is 0.355 e. The van der Waals surface area contributed by atoms with Gasteiger partial charge in [-0.25, -0.2) is 0 Å². The first-order valence-electron chi connectivity index (χ1n) is 8.26. The molecule has 0 aromatic heterocycles. The Morgan fingerprint density at radius 2 is 1.96 bits per heavy atom. The van der Waals surface area contributed by atoms with Crippen molar-refractivity contribution in [1.82, 2.24) is 15.2 Å². The van der Waals surface area contributed by atoms with Crippen LogP contribution in [0.2, 0.25) is 0 Å². The lowest BCUT2D eigenvalue weighted by atomic mass is 10.1. The summed E-state index contributed by atoms with van der Waals surface area (Å²) in [5.74, 6) is -0.365. The molecule has 2 N–H and O–H groups in total. The number of carbonyl (C=O) groups is 2. The predicted octanol–water partition coefficient (Wildman–Crippen LogP) is 1.32. The molecule has 0 saturated carbocycles. The van der Waals surface area contributed by atoms with E-state index in [4.69, 9.17) is 0 Å². The van der Waals surface area contributed by atoms with Crippen LogP contribution in [0.3, 0.4) is 0 Å². The van der Waals surface area contributed by atoms with Crippen LogP contribution in [0.4, 0.5) is 5.69 Å². The van der Waals surface area contributed by atoms with Crippen LogP contribution < -0.4 is 10.7 Å². The van der Waals surface area contributed by atoms with Crippen molar-refractivity contribution in [3.8, 4) is 0 Å². The second-order valence-corrected chi connectivity index (χ2v) is 5.70. The number of nitrogens with one attached hydrogen (secondary N) is 2. The number of likely N-dealkylation sites (N-methyl/N-ethyl adjacent to an activating group) is 1. The maximum Gasteiger partial charge on any atom is 0.241 e. The van der Waals surface area contributed by atoms with Gasteiger partial charge in [-0.2, -0.15) is 0 Å². The summed E-state index contributed by atoms with van der Waals surface area (Å²) in [6, 6.07) is 9.51. The molecule has 0 spiro atoms. The van der Waals surface area contributed by atoms with Crippen molar-refractivity contribution < 1.29 is 9.59 Å². The normalized spacial score (nSPS) is 17.6. The van der Waals surface area contributed by atoms with Crippen LogP contribution in [0.15, 0.2) is 30.3 Å². The first kappa shape index (κ1) is 17.3. The average Bonchev–Trinajstić information content (AvgIpc) is 2.93. The molecule has 1 heterocycles. The van der Waals surface area contributed by atoms with Crippen LogP contribution in [0, 0.1) is 5.92 Å². The first-order valence-corrected chi connectivity index (χ1v) is 8.26. The van der Waals surface area contributed by atoms with Gasteiger partial charge in [0.05, 0.1) is 18.2 Å².